The van der Waals surface area contributed by atoms with Gasteiger partial charge in [-0.05, 0) is 44.2 Å². The summed E-state index contributed by atoms with van der Waals surface area (Å²) in [4.78, 5) is 11.7. The van der Waals surface area contributed by atoms with Crippen LogP contribution in [0.25, 0.3) is 0 Å². The number of urea groups is 1. The van der Waals surface area contributed by atoms with Gasteiger partial charge in [-0.1, -0.05) is 13.8 Å². The molecule has 6 nitrogen and oxygen atoms in total. The van der Waals surface area contributed by atoms with Crippen molar-refractivity contribution >= 4 is 6.03 Å². The van der Waals surface area contributed by atoms with Gasteiger partial charge in [-0.3, -0.25) is 0 Å². The van der Waals surface area contributed by atoms with Crippen molar-refractivity contribution in [3.8, 4) is 0 Å². The third-order valence-corrected chi connectivity index (χ3v) is 3.61. The Hall–Kier alpha value is -1.53. The number of furan rings is 1. The van der Waals surface area contributed by atoms with E-state index in [9.17, 15) is 9.90 Å². The second-order valence-corrected chi connectivity index (χ2v) is 6.72. The standard InChI is InChI=1S/C16H28N2O4/c1-12-6-7-13(22-12)16(4,21)10-18-14(20)17-9-5-8-15(2,3)11-19/h6-7,19,21H,5,8-11H2,1-4H3,(H2,17,18,20). The van der Waals surface area contributed by atoms with Crippen molar-refractivity contribution in [3.05, 3.63) is 23.7 Å². The highest BCUT2D eigenvalue weighted by atomic mass is 16.4. The van der Waals surface area contributed by atoms with Gasteiger partial charge in [0.2, 0.25) is 0 Å². The van der Waals surface area contributed by atoms with Crippen molar-refractivity contribution in [1.82, 2.24) is 10.6 Å². The number of aliphatic hydroxyl groups is 2. The van der Waals surface area contributed by atoms with Crippen LogP contribution in [0.1, 0.15) is 45.1 Å². The molecule has 6 heteroatoms. The Morgan fingerprint density at radius 1 is 1.27 bits per heavy atom. The smallest absolute Gasteiger partial charge is 0.314 e. The van der Waals surface area contributed by atoms with Gasteiger partial charge in [0.15, 0.2) is 0 Å². The molecule has 0 fully saturated rings. The molecule has 2 amide bonds. The van der Waals surface area contributed by atoms with Gasteiger partial charge in [0.25, 0.3) is 0 Å². The predicted octanol–water partition coefficient (Wildman–Crippen LogP) is 1.89. The summed E-state index contributed by atoms with van der Waals surface area (Å²) in [6.07, 6.45) is 1.61. The molecule has 1 aromatic rings. The van der Waals surface area contributed by atoms with Gasteiger partial charge in [0.05, 0.1) is 6.54 Å². The van der Waals surface area contributed by atoms with Gasteiger partial charge < -0.3 is 25.3 Å². The molecule has 0 radical (unpaired) electrons. The molecule has 1 unspecified atom stereocenters. The zero-order valence-electron chi connectivity index (χ0n) is 13.9. The first-order chi connectivity index (χ1) is 10.2. The molecular weight excluding hydrogens is 284 g/mol. The number of amides is 2. The van der Waals surface area contributed by atoms with E-state index in [0.29, 0.717) is 18.1 Å². The molecule has 1 rings (SSSR count). The third-order valence-electron chi connectivity index (χ3n) is 3.61. The van der Waals surface area contributed by atoms with Crippen LogP contribution in [0, 0.1) is 12.3 Å². The summed E-state index contributed by atoms with van der Waals surface area (Å²) < 4.78 is 5.38. The molecule has 0 aliphatic rings. The van der Waals surface area contributed by atoms with Gasteiger partial charge >= 0.3 is 6.03 Å². The number of hydrogen-bond donors (Lipinski definition) is 4. The lowest BCUT2D eigenvalue weighted by Gasteiger charge is -2.22. The van der Waals surface area contributed by atoms with Crippen LogP contribution in [-0.2, 0) is 5.60 Å². The monoisotopic (exact) mass is 312 g/mol. The maximum Gasteiger partial charge on any atom is 0.314 e. The molecule has 0 aliphatic heterocycles. The number of nitrogens with one attached hydrogen (secondary N) is 2. The van der Waals surface area contributed by atoms with E-state index in [-0.39, 0.29) is 24.6 Å². The summed E-state index contributed by atoms with van der Waals surface area (Å²) in [5.41, 5.74) is -1.37. The molecule has 0 aliphatic carbocycles. The fourth-order valence-electron chi connectivity index (χ4n) is 1.97. The highest BCUT2D eigenvalue weighted by Gasteiger charge is 2.27. The Morgan fingerprint density at radius 2 is 1.95 bits per heavy atom. The average Bonchev–Trinajstić information content (AvgIpc) is 2.89. The van der Waals surface area contributed by atoms with E-state index in [1.54, 1.807) is 26.0 Å². The van der Waals surface area contributed by atoms with Gasteiger partial charge in [-0.15, -0.1) is 0 Å². The molecule has 126 valence electrons. The van der Waals surface area contributed by atoms with E-state index < -0.39 is 5.60 Å². The molecule has 0 saturated heterocycles. The quantitative estimate of drug-likeness (QED) is 0.551. The van der Waals surface area contributed by atoms with E-state index in [4.69, 9.17) is 9.52 Å². The first-order valence-electron chi connectivity index (χ1n) is 7.58. The Balaban J connectivity index is 2.28. The molecular formula is C16H28N2O4. The Bertz CT molecular complexity index is 480. The van der Waals surface area contributed by atoms with Gasteiger partial charge in [-0.2, -0.15) is 0 Å². The van der Waals surface area contributed by atoms with Crippen molar-refractivity contribution in [2.24, 2.45) is 5.41 Å². The highest BCUT2D eigenvalue weighted by molar-refractivity contribution is 5.73. The van der Waals surface area contributed by atoms with Crippen LogP contribution in [0.3, 0.4) is 0 Å². The predicted molar refractivity (Wildman–Crippen MR) is 84.5 cm³/mol. The number of carbonyl (C=O) groups is 1. The number of carbonyl (C=O) groups excluding carboxylic acids is 1. The summed E-state index contributed by atoms with van der Waals surface area (Å²) in [6, 6.07) is 3.14. The van der Waals surface area contributed by atoms with Crippen LogP contribution in [0.15, 0.2) is 16.5 Å². The lowest BCUT2D eigenvalue weighted by Crippen LogP contribution is -2.43. The maximum atomic E-state index is 11.7. The van der Waals surface area contributed by atoms with E-state index in [0.717, 1.165) is 12.8 Å². The number of aliphatic hydroxyl groups excluding tert-OH is 1. The summed E-state index contributed by atoms with van der Waals surface area (Å²) in [5, 5.41) is 24.8. The van der Waals surface area contributed by atoms with Gasteiger partial charge in [-0.25, -0.2) is 4.79 Å². The van der Waals surface area contributed by atoms with Crippen LogP contribution in [-0.4, -0.2) is 35.9 Å². The average molecular weight is 312 g/mol. The molecule has 4 N–H and O–H groups in total. The van der Waals surface area contributed by atoms with Crippen molar-refractivity contribution < 1.29 is 19.4 Å². The van der Waals surface area contributed by atoms with Crippen molar-refractivity contribution in [2.45, 2.75) is 46.1 Å². The summed E-state index contributed by atoms with van der Waals surface area (Å²) in [5.74, 6) is 1.14. The summed E-state index contributed by atoms with van der Waals surface area (Å²) in [7, 11) is 0. The van der Waals surface area contributed by atoms with Crippen molar-refractivity contribution in [2.75, 3.05) is 19.7 Å². The zero-order chi connectivity index (χ0) is 16.8. The summed E-state index contributed by atoms with van der Waals surface area (Å²) in [6.45, 7) is 8.07. The lowest BCUT2D eigenvalue weighted by atomic mass is 9.89. The van der Waals surface area contributed by atoms with Crippen LogP contribution < -0.4 is 10.6 Å². The maximum absolute atomic E-state index is 11.7. The molecule has 0 bridgehead atoms. The first kappa shape index (κ1) is 18.5. The topological polar surface area (TPSA) is 94.7 Å². The Morgan fingerprint density at radius 3 is 2.50 bits per heavy atom. The minimum absolute atomic E-state index is 0.0634. The second kappa shape index (κ2) is 7.65. The molecule has 0 saturated carbocycles. The molecule has 0 spiro atoms. The molecule has 22 heavy (non-hydrogen) atoms. The number of aryl methyl sites for hydroxylation is 1. The lowest BCUT2D eigenvalue weighted by molar-refractivity contribution is 0.0360. The van der Waals surface area contributed by atoms with E-state index in [2.05, 4.69) is 10.6 Å². The highest BCUT2D eigenvalue weighted by Crippen LogP contribution is 2.22. The number of rotatable bonds is 8. The second-order valence-electron chi connectivity index (χ2n) is 6.72. The fraction of sp³-hybridized carbons (Fsp3) is 0.688. The van der Waals surface area contributed by atoms with Crippen molar-refractivity contribution in [3.63, 3.8) is 0 Å². The van der Waals surface area contributed by atoms with Gasteiger partial charge in [0, 0.05) is 13.2 Å². The van der Waals surface area contributed by atoms with E-state index >= 15 is 0 Å². The van der Waals surface area contributed by atoms with Crippen molar-refractivity contribution in [1.29, 1.82) is 0 Å². The zero-order valence-corrected chi connectivity index (χ0v) is 13.9. The number of hydrogen-bond acceptors (Lipinski definition) is 4. The Labute approximate surface area is 131 Å². The molecule has 0 aromatic carbocycles. The SMILES string of the molecule is Cc1ccc(C(C)(O)CNC(=O)NCCCC(C)(C)CO)o1. The first-order valence-corrected chi connectivity index (χ1v) is 7.58. The minimum atomic E-state index is -1.25. The third kappa shape index (κ3) is 6.07. The summed E-state index contributed by atoms with van der Waals surface area (Å²) >= 11 is 0. The van der Waals surface area contributed by atoms with Crippen LogP contribution >= 0.6 is 0 Å². The normalized spacial score (nSPS) is 14.5. The van der Waals surface area contributed by atoms with Gasteiger partial charge in [0.1, 0.15) is 17.1 Å². The van der Waals surface area contributed by atoms with Crippen LogP contribution in [0.5, 0.6) is 0 Å². The molecule has 1 heterocycles. The van der Waals surface area contributed by atoms with Crippen LogP contribution in [0.2, 0.25) is 0 Å². The largest absolute Gasteiger partial charge is 0.463 e. The van der Waals surface area contributed by atoms with E-state index in [1.807, 2.05) is 13.8 Å². The molecule has 1 aromatic heterocycles. The minimum Gasteiger partial charge on any atom is -0.463 e. The van der Waals surface area contributed by atoms with Crippen LogP contribution in [0.4, 0.5) is 4.79 Å². The Kier molecular flexibility index (Phi) is 6.44. The van der Waals surface area contributed by atoms with E-state index in [1.165, 1.54) is 0 Å². The fourth-order valence-corrected chi connectivity index (χ4v) is 1.97. The molecule has 1 atom stereocenters.